The molecule has 154 valence electrons. The SMILES string of the molecule is Fc1ccccc1-c1nccc2[nH]c(-c3n[nH]c4cnc(C5CCNCC5)cc34)cc12. The van der Waals surface area contributed by atoms with Crippen LogP contribution in [-0.2, 0) is 0 Å². The van der Waals surface area contributed by atoms with E-state index in [1.807, 2.05) is 24.4 Å². The average Bonchev–Trinajstić information content (AvgIpc) is 3.43. The first-order valence-corrected chi connectivity index (χ1v) is 10.6. The van der Waals surface area contributed by atoms with E-state index in [4.69, 9.17) is 0 Å². The second-order valence-electron chi connectivity index (χ2n) is 8.03. The van der Waals surface area contributed by atoms with Crippen molar-refractivity contribution in [2.75, 3.05) is 13.1 Å². The first kappa shape index (κ1) is 18.2. The van der Waals surface area contributed by atoms with Crippen LogP contribution in [0.4, 0.5) is 4.39 Å². The normalized spacial score (nSPS) is 15.1. The summed E-state index contributed by atoms with van der Waals surface area (Å²) in [5, 5.41) is 13.0. The highest BCUT2D eigenvalue weighted by atomic mass is 19.1. The van der Waals surface area contributed by atoms with Crippen molar-refractivity contribution in [3.05, 3.63) is 66.4 Å². The van der Waals surface area contributed by atoms with Gasteiger partial charge in [0.1, 0.15) is 11.5 Å². The average molecular weight is 412 g/mol. The number of piperidine rings is 1. The van der Waals surface area contributed by atoms with Gasteiger partial charge in [-0.2, -0.15) is 5.10 Å². The van der Waals surface area contributed by atoms with Crippen LogP contribution in [0.15, 0.2) is 54.9 Å². The molecule has 0 amide bonds. The number of pyridine rings is 2. The number of nitrogens with one attached hydrogen (secondary N) is 3. The monoisotopic (exact) mass is 412 g/mol. The number of nitrogens with zero attached hydrogens (tertiary/aromatic N) is 3. The highest BCUT2D eigenvalue weighted by Crippen LogP contribution is 2.34. The van der Waals surface area contributed by atoms with E-state index in [1.54, 1.807) is 18.3 Å². The molecule has 1 fully saturated rings. The van der Waals surface area contributed by atoms with E-state index in [2.05, 4.69) is 36.5 Å². The van der Waals surface area contributed by atoms with Crippen LogP contribution in [0.1, 0.15) is 24.5 Å². The van der Waals surface area contributed by atoms with Crippen LogP contribution < -0.4 is 5.32 Å². The number of aromatic nitrogens is 5. The molecule has 1 aliphatic rings. The third-order valence-corrected chi connectivity index (χ3v) is 6.16. The van der Waals surface area contributed by atoms with Crippen molar-refractivity contribution < 1.29 is 4.39 Å². The predicted octanol–water partition coefficient (Wildman–Crippen LogP) is 4.77. The molecule has 5 aromatic rings. The molecule has 1 aliphatic heterocycles. The Balaban J connectivity index is 1.48. The molecule has 31 heavy (non-hydrogen) atoms. The summed E-state index contributed by atoms with van der Waals surface area (Å²) in [7, 11) is 0. The minimum absolute atomic E-state index is 0.284. The Kier molecular flexibility index (Phi) is 4.28. The molecule has 4 aromatic heterocycles. The Morgan fingerprint density at radius 3 is 2.61 bits per heavy atom. The fourth-order valence-electron chi connectivity index (χ4n) is 4.53. The van der Waals surface area contributed by atoms with Gasteiger partial charge in [-0.05, 0) is 56.3 Å². The molecular formula is C24H21FN6. The summed E-state index contributed by atoms with van der Waals surface area (Å²) in [6.07, 6.45) is 5.76. The summed E-state index contributed by atoms with van der Waals surface area (Å²) < 4.78 is 14.4. The molecule has 6 nitrogen and oxygen atoms in total. The standard InChI is InChI=1S/C24H21FN6/c25-18-4-2-1-3-15(18)23-16-12-21(29-19(16)7-10-27-23)24-17-11-20(14-5-8-26-9-6-14)28-13-22(17)30-31-24/h1-4,7,10-14,26,29H,5-6,8-9H2,(H,30,31). The second kappa shape index (κ2) is 7.28. The van der Waals surface area contributed by atoms with Crippen LogP contribution in [0.25, 0.3) is 44.5 Å². The van der Waals surface area contributed by atoms with E-state index in [1.165, 1.54) is 6.07 Å². The molecule has 0 atom stereocenters. The van der Waals surface area contributed by atoms with Crippen molar-refractivity contribution in [2.24, 2.45) is 0 Å². The van der Waals surface area contributed by atoms with Crippen molar-refractivity contribution in [3.8, 4) is 22.6 Å². The van der Waals surface area contributed by atoms with Gasteiger partial charge in [0, 0.05) is 39.7 Å². The number of benzene rings is 1. The van der Waals surface area contributed by atoms with Crippen molar-refractivity contribution in [1.82, 2.24) is 30.5 Å². The van der Waals surface area contributed by atoms with Gasteiger partial charge in [0.15, 0.2) is 0 Å². The Labute approximate surface area is 177 Å². The largest absolute Gasteiger partial charge is 0.353 e. The number of rotatable bonds is 3. The smallest absolute Gasteiger partial charge is 0.132 e. The minimum atomic E-state index is -0.284. The lowest BCUT2D eigenvalue weighted by Gasteiger charge is -2.22. The fraction of sp³-hybridized carbons (Fsp3) is 0.208. The maximum Gasteiger partial charge on any atom is 0.132 e. The van der Waals surface area contributed by atoms with E-state index < -0.39 is 0 Å². The van der Waals surface area contributed by atoms with Crippen molar-refractivity contribution in [2.45, 2.75) is 18.8 Å². The van der Waals surface area contributed by atoms with E-state index in [-0.39, 0.29) is 5.82 Å². The van der Waals surface area contributed by atoms with Crippen molar-refractivity contribution in [1.29, 1.82) is 0 Å². The molecule has 0 aliphatic carbocycles. The molecule has 1 aromatic carbocycles. The van der Waals surface area contributed by atoms with Crippen LogP contribution in [0.3, 0.4) is 0 Å². The molecule has 0 bridgehead atoms. The molecule has 6 rings (SSSR count). The van der Waals surface area contributed by atoms with E-state index in [0.29, 0.717) is 17.2 Å². The summed E-state index contributed by atoms with van der Waals surface area (Å²) in [6, 6.07) is 12.8. The summed E-state index contributed by atoms with van der Waals surface area (Å²) in [5.74, 6) is 0.182. The molecule has 0 spiro atoms. The highest BCUT2D eigenvalue weighted by Gasteiger charge is 2.20. The third-order valence-electron chi connectivity index (χ3n) is 6.16. The second-order valence-corrected chi connectivity index (χ2v) is 8.03. The van der Waals surface area contributed by atoms with Gasteiger partial charge in [0.2, 0.25) is 0 Å². The lowest BCUT2D eigenvalue weighted by molar-refractivity contribution is 0.453. The zero-order valence-corrected chi connectivity index (χ0v) is 16.8. The Bertz CT molecular complexity index is 1400. The van der Waals surface area contributed by atoms with Crippen molar-refractivity contribution >= 4 is 21.8 Å². The van der Waals surface area contributed by atoms with E-state index >= 15 is 0 Å². The first-order valence-electron chi connectivity index (χ1n) is 10.6. The van der Waals surface area contributed by atoms with Gasteiger partial charge in [0.05, 0.1) is 23.1 Å². The molecule has 0 saturated carbocycles. The zero-order valence-electron chi connectivity index (χ0n) is 16.8. The molecule has 0 radical (unpaired) electrons. The quantitative estimate of drug-likeness (QED) is 0.399. The summed E-state index contributed by atoms with van der Waals surface area (Å²) in [5.41, 5.74) is 5.72. The molecule has 0 unspecified atom stereocenters. The van der Waals surface area contributed by atoms with Crippen LogP contribution in [-0.4, -0.2) is 38.2 Å². The number of halogens is 1. The van der Waals surface area contributed by atoms with Gasteiger partial charge < -0.3 is 10.3 Å². The maximum absolute atomic E-state index is 14.4. The Morgan fingerprint density at radius 2 is 1.74 bits per heavy atom. The minimum Gasteiger partial charge on any atom is -0.353 e. The van der Waals surface area contributed by atoms with Gasteiger partial charge in [-0.3, -0.25) is 15.1 Å². The van der Waals surface area contributed by atoms with Crippen molar-refractivity contribution in [3.63, 3.8) is 0 Å². The third kappa shape index (κ3) is 3.09. The molecule has 5 heterocycles. The maximum atomic E-state index is 14.4. The van der Waals surface area contributed by atoms with Gasteiger partial charge in [-0.1, -0.05) is 12.1 Å². The highest BCUT2D eigenvalue weighted by molar-refractivity contribution is 5.99. The summed E-state index contributed by atoms with van der Waals surface area (Å²) in [4.78, 5) is 12.6. The van der Waals surface area contributed by atoms with Crippen LogP contribution in [0.5, 0.6) is 0 Å². The van der Waals surface area contributed by atoms with Crippen LogP contribution in [0.2, 0.25) is 0 Å². The summed E-state index contributed by atoms with van der Waals surface area (Å²) in [6.45, 7) is 2.05. The van der Waals surface area contributed by atoms with E-state index in [9.17, 15) is 4.39 Å². The van der Waals surface area contributed by atoms with Crippen LogP contribution in [0, 0.1) is 5.82 Å². The van der Waals surface area contributed by atoms with Gasteiger partial charge in [0.25, 0.3) is 0 Å². The molecule has 1 saturated heterocycles. The van der Waals surface area contributed by atoms with Gasteiger partial charge in [-0.25, -0.2) is 4.39 Å². The fourth-order valence-corrected chi connectivity index (χ4v) is 4.53. The number of hydrogen-bond donors (Lipinski definition) is 3. The zero-order chi connectivity index (χ0) is 20.8. The van der Waals surface area contributed by atoms with Gasteiger partial charge >= 0.3 is 0 Å². The lowest BCUT2D eigenvalue weighted by atomic mass is 9.93. The molecule has 3 N–H and O–H groups in total. The topological polar surface area (TPSA) is 82.3 Å². The summed E-state index contributed by atoms with van der Waals surface area (Å²) >= 11 is 0. The first-order chi connectivity index (χ1) is 15.3. The van der Waals surface area contributed by atoms with Crippen LogP contribution >= 0.6 is 0 Å². The molecular weight excluding hydrogens is 391 g/mol. The molecule has 7 heteroatoms. The lowest BCUT2D eigenvalue weighted by Crippen LogP contribution is -2.27. The number of hydrogen-bond acceptors (Lipinski definition) is 4. The number of aromatic amines is 2. The van der Waals surface area contributed by atoms with E-state index in [0.717, 1.165) is 64.8 Å². The predicted molar refractivity (Wildman–Crippen MR) is 119 cm³/mol. The Morgan fingerprint density at radius 1 is 0.903 bits per heavy atom. The number of fused-ring (bicyclic) bond motifs is 2. The van der Waals surface area contributed by atoms with Gasteiger partial charge in [-0.15, -0.1) is 0 Å². The number of H-pyrrole nitrogens is 2. The Hall–Kier alpha value is -3.58.